The predicted molar refractivity (Wildman–Crippen MR) is 146 cm³/mol. The second-order valence-corrected chi connectivity index (χ2v) is 10.2. The average molecular weight is 449 g/mol. The maximum absolute atomic E-state index is 10.7. The fourth-order valence-electron chi connectivity index (χ4n) is 4.67. The number of hydrogen-bond donors (Lipinski definition) is 0. The molecule has 0 N–H and O–H groups in total. The minimum atomic E-state index is 0.878. The highest BCUT2D eigenvalue weighted by molar-refractivity contribution is 5.72. The molecule has 0 aromatic heterocycles. The maximum atomic E-state index is 10.7. The summed E-state index contributed by atoms with van der Waals surface area (Å²) in [5, 5.41) is 0. The quantitative estimate of drug-likeness (QED) is 0.0693. The van der Waals surface area contributed by atoms with Gasteiger partial charge in [0.05, 0.1) is 0 Å². The van der Waals surface area contributed by atoms with Crippen LogP contribution in [0.25, 0.3) is 0 Å². The molecule has 0 atom stereocenters. The van der Waals surface area contributed by atoms with E-state index in [9.17, 15) is 4.79 Å². The summed E-state index contributed by atoms with van der Waals surface area (Å²) in [6.07, 6.45) is 39.6. The van der Waals surface area contributed by atoms with Crippen LogP contribution in [0.1, 0.15) is 181 Å². The molecule has 0 saturated carbocycles. The lowest BCUT2D eigenvalue weighted by Crippen LogP contribution is -1.85. The van der Waals surface area contributed by atoms with Crippen LogP contribution in [-0.2, 0) is 4.79 Å². The molecule has 0 radical (unpaired) electrons. The Morgan fingerprint density at radius 2 is 0.719 bits per heavy atom. The van der Waals surface area contributed by atoms with E-state index in [2.05, 4.69) is 19.9 Å². The van der Waals surface area contributed by atoms with Crippen LogP contribution >= 0.6 is 0 Å². The van der Waals surface area contributed by atoms with Crippen molar-refractivity contribution in [2.24, 2.45) is 0 Å². The Kier molecular flexibility index (Phi) is 27.9. The Bertz CT molecular complexity index is 384. The summed E-state index contributed by atoms with van der Waals surface area (Å²) >= 11 is 0. The first-order valence-corrected chi connectivity index (χ1v) is 15.0. The summed E-state index contributed by atoms with van der Waals surface area (Å²) in [4.78, 5) is 10.7. The zero-order chi connectivity index (χ0) is 23.4. The van der Waals surface area contributed by atoms with E-state index in [1.165, 1.54) is 154 Å². The third kappa shape index (κ3) is 25.7. The molecular formula is C31H60O. The van der Waals surface area contributed by atoms with Crippen LogP contribution < -0.4 is 0 Å². The van der Waals surface area contributed by atoms with Crippen molar-refractivity contribution in [2.45, 2.75) is 181 Å². The summed E-state index contributed by atoms with van der Waals surface area (Å²) in [7, 11) is 0. The summed E-state index contributed by atoms with van der Waals surface area (Å²) in [5.74, 6) is 0. The standard InChI is InChI=1S/C31H60O/c1-3-5-6-7-8-9-10-11-12-13-14-15-16-17-18-19-20-21-22-23-24-25-26-27-28-29-31(4-2)30-32/h29-30H,3-28H2,1-2H3. The zero-order valence-electron chi connectivity index (χ0n) is 22.4. The monoisotopic (exact) mass is 448 g/mol. The Balaban J connectivity index is 3.08. The summed E-state index contributed by atoms with van der Waals surface area (Å²) in [6, 6.07) is 0. The van der Waals surface area contributed by atoms with Crippen molar-refractivity contribution in [3.8, 4) is 0 Å². The van der Waals surface area contributed by atoms with Gasteiger partial charge < -0.3 is 0 Å². The molecule has 1 heteroatoms. The van der Waals surface area contributed by atoms with Gasteiger partial charge in [-0.1, -0.05) is 168 Å². The molecule has 0 aliphatic carbocycles. The van der Waals surface area contributed by atoms with Crippen LogP contribution in [0.15, 0.2) is 11.6 Å². The van der Waals surface area contributed by atoms with Gasteiger partial charge in [0, 0.05) is 0 Å². The largest absolute Gasteiger partial charge is 0.298 e. The van der Waals surface area contributed by atoms with Crippen molar-refractivity contribution in [3.05, 3.63) is 11.6 Å². The van der Waals surface area contributed by atoms with E-state index < -0.39 is 0 Å². The molecule has 0 aliphatic heterocycles. The van der Waals surface area contributed by atoms with Gasteiger partial charge in [-0.2, -0.15) is 0 Å². The van der Waals surface area contributed by atoms with Crippen molar-refractivity contribution in [2.75, 3.05) is 0 Å². The molecule has 0 heterocycles. The van der Waals surface area contributed by atoms with Crippen molar-refractivity contribution >= 4 is 6.29 Å². The van der Waals surface area contributed by atoms with E-state index in [-0.39, 0.29) is 0 Å². The number of carbonyl (C=O) groups excluding carboxylic acids is 1. The second kappa shape index (κ2) is 28.4. The topological polar surface area (TPSA) is 17.1 Å². The predicted octanol–water partition coefficient (Wildman–Crippen LogP) is 11.3. The SMILES string of the molecule is CCCCCCCCCCCCCCCCCCCCCCCCCCC=C(C=O)CC. The molecule has 0 fully saturated rings. The van der Waals surface area contributed by atoms with E-state index in [1.54, 1.807) is 0 Å². The van der Waals surface area contributed by atoms with Crippen LogP contribution in [0.4, 0.5) is 0 Å². The van der Waals surface area contributed by atoms with E-state index in [0.717, 1.165) is 24.7 Å². The van der Waals surface area contributed by atoms with Gasteiger partial charge in [0.2, 0.25) is 0 Å². The third-order valence-corrected chi connectivity index (χ3v) is 7.02. The molecule has 0 aromatic carbocycles. The summed E-state index contributed by atoms with van der Waals surface area (Å²) < 4.78 is 0. The normalized spacial score (nSPS) is 11.9. The van der Waals surface area contributed by atoms with Crippen molar-refractivity contribution < 1.29 is 4.79 Å². The lowest BCUT2D eigenvalue weighted by molar-refractivity contribution is -0.105. The molecule has 0 bridgehead atoms. The van der Waals surface area contributed by atoms with Crippen LogP contribution in [-0.4, -0.2) is 6.29 Å². The number of aldehydes is 1. The van der Waals surface area contributed by atoms with Gasteiger partial charge in [0.15, 0.2) is 0 Å². The highest BCUT2D eigenvalue weighted by Gasteiger charge is 1.96. The lowest BCUT2D eigenvalue weighted by Gasteiger charge is -2.04. The fraction of sp³-hybridized carbons (Fsp3) is 0.903. The molecule has 0 spiro atoms. The van der Waals surface area contributed by atoms with E-state index in [1.807, 2.05) is 0 Å². The summed E-state index contributed by atoms with van der Waals surface area (Å²) in [5.41, 5.74) is 0.971. The maximum Gasteiger partial charge on any atom is 0.145 e. The first-order valence-electron chi connectivity index (χ1n) is 15.0. The van der Waals surface area contributed by atoms with E-state index in [4.69, 9.17) is 0 Å². The van der Waals surface area contributed by atoms with Crippen LogP contribution in [0.5, 0.6) is 0 Å². The van der Waals surface area contributed by atoms with Gasteiger partial charge in [-0.15, -0.1) is 0 Å². The number of rotatable bonds is 27. The van der Waals surface area contributed by atoms with Crippen LogP contribution in [0, 0.1) is 0 Å². The number of unbranched alkanes of at least 4 members (excludes halogenated alkanes) is 24. The highest BCUT2D eigenvalue weighted by atomic mass is 16.1. The highest BCUT2D eigenvalue weighted by Crippen LogP contribution is 2.16. The van der Waals surface area contributed by atoms with Crippen molar-refractivity contribution in [1.29, 1.82) is 0 Å². The second-order valence-electron chi connectivity index (χ2n) is 10.2. The molecule has 190 valence electrons. The smallest absolute Gasteiger partial charge is 0.145 e. The van der Waals surface area contributed by atoms with E-state index in [0.29, 0.717) is 0 Å². The van der Waals surface area contributed by atoms with Gasteiger partial charge in [0.1, 0.15) is 6.29 Å². The fourth-order valence-corrected chi connectivity index (χ4v) is 4.67. The molecule has 0 unspecified atom stereocenters. The van der Waals surface area contributed by atoms with Crippen molar-refractivity contribution in [1.82, 2.24) is 0 Å². The number of carbonyl (C=O) groups is 1. The minimum Gasteiger partial charge on any atom is -0.298 e. The third-order valence-electron chi connectivity index (χ3n) is 7.02. The molecule has 0 aromatic rings. The Hall–Kier alpha value is -0.590. The van der Waals surface area contributed by atoms with Crippen LogP contribution in [0.2, 0.25) is 0 Å². The van der Waals surface area contributed by atoms with Crippen molar-refractivity contribution in [3.63, 3.8) is 0 Å². The van der Waals surface area contributed by atoms with Crippen LogP contribution in [0.3, 0.4) is 0 Å². The van der Waals surface area contributed by atoms with E-state index >= 15 is 0 Å². The molecule has 32 heavy (non-hydrogen) atoms. The van der Waals surface area contributed by atoms with Gasteiger partial charge in [-0.25, -0.2) is 0 Å². The molecule has 0 amide bonds. The minimum absolute atomic E-state index is 0.878. The lowest BCUT2D eigenvalue weighted by atomic mass is 10.0. The van der Waals surface area contributed by atoms with Gasteiger partial charge in [0.25, 0.3) is 0 Å². The molecular weight excluding hydrogens is 388 g/mol. The summed E-state index contributed by atoms with van der Waals surface area (Å²) in [6.45, 7) is 4.35. The number of allylic oxidation sites excluding steroid dienone is 2. The molecule has 0 saturated heterocycles. The molecule has 0 rings (SSSR count). The first kappa shape index (κ1) is 31.4. The first-order chi connectivity index (χ1) is 15.8. The van der Waals surface area contributed by atoms with Gasteiger partial charge in [-0.3, -0.25) is 4.79 Å². The number of hydrogen-bond acceptors (Lipinski definition) is 1. The Morgan fingerprint density at radius 1 is 0.438 bits per heavy atom. The van der Waals surface area contributed by atoms with Gasteiger partial charge in [-0.05, 0) is 24.8 Å². The Morgan fingerprint density at radius 3 is 0.969 bits per heavy atom. The molecule has 1 nitrogen and oxygen atoms in total. The Labute approximate surface area is 203 Å². The molecule has 0 aliphatic rings. The zero-order valence-corrected chi connectivity index (χ0v) is 22.4. The average Bonchev–Trinajstić information content (AvgIpc) is 2.81. The van der Waals surface area contributed by atoms with Gasteiger partial charge >= 0.3 is 0 Å².